The minimum absolute atomic E-state index is 0.216. The van der Waals surface area contributed by atoms with E-state index < -0.39 is 36.7 Å². The third-order valence-electron chi connectivity index (χ3n) is 6.11. The monoisotopic (exact) mass is 506 g/mol. The molecule has 0 bridgehead atoms. The second-order valence-corrected chi connectivity index (χ2v) is 8.88. The summed E-state index contributed by atoms with van der Waals surface area (Å²) in [5.74, 6) is -0.471. The maximum atomic E-state index is 11.9. The Morgan fingerprint density at radius 3 is 1.68 bits per heavy atom. The van der Waals surface area contributed by atoms with Gasteiger partial charge in [-0.2, -0.15) is 0 Å². The topological polar surface area (TPSA) is 72.5 Å². The van der Waals surface area contributed by atoms with Gasteiger partial charge in [0, 0.05) is 14.0 Å². The Morgan fingerprint density at radius 1 is 0.703 bits per heavy atom. The standard InChI is InChI=1S/C30H34O7/c1-22(31)36-30-29(32-2)28(35-20-25-16-10-5-11-17-25)27(34-19-24-14-8-4-9-15-24)26(37-30)21-33-18-23-12-6-3-7-13-23/h3-17,26-30H,18-21H2,1-2H3/t26-,27+,28+,29-,30+/m1/s1. The summed E-state index contributed by atoms with van der Waals surface area (Å²) in [5, 5.41) is 0. The van der Waals surface area contributed by atoms with Crippen molar-refractivity contribution in [1.82, 2.24) is 0 Å². The quantitative estimate of drug-likeness (QED) is 0.331. The highest BCUT2D eigenvalue weighted by Gasteiger charge is 2.49. The third kappa shape index (κ3) is 7.95. The Labute approximate surface area is 218 Å². The van der Waals surface area contributed by atoms with Crippen LogP contribution in [-0.4, -0.2) is 50.4 Å². The van der Waals surface area contributed by atoms with Crippen molar-refractivity contribution >= 4 is 5.97 Å². The molecule has 0 amide bonds. The number of carbonyl (C=O) groups excluding carboxylic acids is 1. The lowest BCUT2D eigenvalue weighted by Gasteiger charge is -2.45. The normalized spacial score (nSPS) is 23.5. The molecule has 0 N–H and O–H groups in total. The second kappa shape index (κ2) is 14.0. The fourth-order valence-corrected chi connectivity index (χ4v) is 4.31. The van der Waals surface area contributed by atoms with Gasteiger partial charge in [-0.15, -0.1) is 0 Å². The summed E-state index contributed by atoms with van der Waals surface area (Å²) in [5.41, 5.74) is 3.07. The first-order valence-electron chi connectivity index (χ1n) is 12.4. The molecule has 0 radical (unpaired) electrons. The van der Waals surface area contributed by atoms with Gasteiger partial charge in [0.1, 0.15) is 24.4 Å². The van der Waals surface area contributed by atoms with Crippen molar-refractivity contribution in [2.75, 3.05) is 13.7 Å². The molecule has 1 heterocycles. The number of hydrogen-bond acceptors (Lipinski definition) is 7. The Hall–Kier alpha value is -3.07. The van der Waals surface area contributed by atoms with Gasteiger partial charge in [0.15, 0.2) is 0 Å². The molecule has 3 aromatic rings. The van der Waals surface area contributed by atoms with Crippen LogP contribution >= 0.6 is 0 Å². The van der Waals surface area contributed by atoms with E-state index in [1.54, 1.807) is 7.11 Å². The van der Waals surface area contributed by atoms with E-state index in [-0.39, 0.29) is 6.61 Å². The average Bonchev–Trinajstić information content (AvgIpc) is 2.92. The van der Waals surface area contributed by atoms with E-state index in [0.717, 1.165) is 16.7 Å². The van der Waals surface area contributed by atoms with Gasteiger partial charge in [-0.3, -0.25) is 4.79 Å². The fourth-order valence-electron chi connectivity index (χ4n) is 4.31. The Kier molecular flexibility index (Phi) is 10.2. The van der Waals surface area contributed by atoms with Crippen LogP contribution in [0.25, 0.3) is 0 Å². The maximum Gasteiger partial charge on any atom is 0.305 e. The molecule has 1 aliphatic heterocycles. The van der Waals surface area contributed by atoms with Crippen molar-refractivity contribution in [3.63, 3.8) is 0 Å². The van der Waals surface area contributed by atoms with E-state index in [2.05, 4.69) is 0 Å². The van der Waals surface area contributed by atoms with Crippen LogP contribution in [0.3, 0.4) is 0 Å². The molecule has 4 rings (SSSR count). The first-order chi connectivity index (χ1) is 18.1. The first kappa shape index (κ1) is 27.0. The number of rotatable bonds is 12. The van der Waals surface area contributed by atoms with Gasteiger partial charge in [0.2, 0.25) is 6.29 Å². The van der Waals surface area contributed by atoms with E-state index >= 15 is 0 Å². The number of esters is 1. The van der Waals surface area contributed by atoms with E-state index in [4.69, 9.17) is 28.4 Å². The van der Waals surface area contributed by atoms with Crippen LogP contribution < -0.4 is 0 Å². The molecule has 1 aliphatic rings. The molecule has 37 heavy (non-hydrogen) atoms. The molecular formula is C30H34O7. The molecule has 7 nitrogen and oxygen atoms in total. The average molecular weight is 507 g/mol. The summed E-state index contributed by atoms with van der Waals surface area (Å²) < 4.78 is 36.3. The van der Waals surface area contributed by atoms with Gasteiger partial charge in [0.25, 0.3) is 0 Å². The van der Waals surface area contributed by atoms with Crippen LogP contribution in [0.2, 0.25) is 0 Å². The van der Waals surface area contributed by atoms with Crippen molar-refractivity contribution in [3.8, 4) is 0 Å². The van der Waals surface area contributed by atoms with E-state index in [1.165, 1.54) is 6.92 Å². The summed E-state index contributed by atoms with van der Waals surface area (Å²) in [6, 6.07) is 29.7. The van der Waals surface area contributed by atoms with E-state index in [0.29, 0.717) is 19.8 Å². The Morgan fingerprint density at radius 2 is 1.19 bits per heavy atom. The number of carbonyl (C=O) groups is 1. The smallest absolute Gasteiger partial charge is 0.305 e. The summed E-state index contributed by atoms with van der Waals surface area (Å²) >= 11 is 0. The Bertz CT molecular complexity index is 1060. The minimum atomic E-state index is -0.967. The van der Waals surface area contributed by atoms with Gasteiger partial charge in [-0.25, -0.2) is 0 Å². The molecular weight excluding hydrogens is 472 g/mol. The van der Waals surface area contributed by atoms with E-state index in [9.17, 15) is 4.79 Å². The minimum Gasteiger partial charge on any atom is -0.433 e. The number of benzene rings is 3. The highest BCUT2D eigenvalue weighted by molar-refractivity contribution is 5.66. The molecule has 7 heteroatoms. The highest BCUT2D eigenvalue weighted by Crippen LogP contribution is 2.30. The number of ether oxygens (including phenoxy) is 6. The van der Waals surface area contributed by atoms with Crippen LogP contribution in [-0.2, 0) is 53.0 Å². The van der Waals surface area contributed by atoms with Crippen molar-refractivity contribution < 1.29 is 33.2 Å². The van der Waals surface area contributed by atoms with Crippen LogP contribution in [0.5, 0.6) is 0 Å². The zero-order chi connectivity index (χ0) is 25.9. The zero-order valence-electron chi connectivity index (χ0n) is 21.2. The summed E-state index contributed by atoms with van der Waals surface area (Å²) in [6.45, 7) is 2.65. The van der Waals surface area contributed by atoms with Crippen molar-refractivity contribution in [3.05, 3.63) is 108 Å². The number of methoxy groups -OCH3 is 1. The predicted octanol–water partition coefficient (Wildman–Crippen LogP) is 4.68. The molecule has 0 aromatic heterocycles. The van der Waals surface area contributed by atoms with Crippen LogP contribution in [0.1, 0.15) is 23.6 Å². The Balaban J connectivity index is 1.55. The largest absolute Gasteiger partial charge is 0.433 e. The highest BCUT2D eigenvalue weighted by atomic mass is 16.7. The lowest BCUT2D eigenvalue weighted by Crippen LogP contribution is -2.61. The van der Waals surface area contributed by atoms with Crippen LogP contribution in [0.15, 0.2) is 91.0 Å². The van der Waals surface area contributed by atoms with Gasteiger partial charge >= 0.3 is 5.97 Å². The predicted molar refractivity (Wildman–Crippen MR) is 137 cm³/mol. The SMILES string of the molecule is CO[C@H]1[C@@H](OC(C)=O)O[C@H](COCc2ccccc2)[C@H](OCc2ccccc2)[C@@H]1OCc1ccccc1. The molecule has 0 saturated carbocycles. The molecule has 1 fully saturated rings. The molecule has 0 aliphatic carbocycles. The van der Waals surface area contributed by atoms with Crippen molar-refractivity contribution in [1.29, 1.82) is 0 Å². The van der Waals surface area contributed by atoms with Gasteiger partial charge in [-0.05, 0) is 16.7 Å². The lowest BCUT2D eigenvalue weighted by molar-refractivity contribution is -0.314. The van der Waals surface area contributed by atoms with Gasteiger partial charge in [0.05, 0.1) is 26.4 Å². The fraction of sp³-hybridized carbons (Fsp3) is 0.367. The van der Waals surface area contributed by atoms with Crippen LogP contribution in [0, 0.1) is 0 Å². The maximum absolute atomic E-state index is 11.9. The summed E-state index contributed by atoms with van der Waals surface area (Å²) in [6.07, 6.45) is -3.36. The molecule has 196 valence electrons. The zero-order valence-corrected chi connectivity index (χ0v) is 21.2. The molecule has 5 atom stereocenters. The van der Waals surface area contributed by atoms with E-state index in [1.807, 2.05) is 91.0 Å². The van der Waals surface area contributed by atoms with Crippen molar-refractivity contribution in [2.24, 2.45) is 0 Å². The summed E-state index contributed by atoms with van der Waals surface area (Å²) in [7, 11) is 1.55. The van der Waals surface area contributed by atoms with Gasteiger partial charge in [-0.1, -0.05) is 91.0 Å². The lowest BCUT2D eigenvalue weighted by atomic mass is 9.98. The second-order valence-electron chi connectivity index (χ2n) is 8.88. The van der Waals surface area contributed by atoms with Gasteiger partial charge < -0.3 is 28.4 Å². The molecule has 0 unspecified atom stereocenters. The summed E-state index contributed by atoms with van der Waals surface area (Å²) in [4.78, 5) is 11.9. The molecule has 1 saturated heterocycles. The molecule has 0 spiro atoms. The number of hydrogen-bond donors (Lipinski definition) is 0. The molecule has 3 aromatic carbocycles. The van der Waals surface area contributed by atoms with Crippen molar-refractivity contribution in [2.45, 2.75) is 57.5 Å². The first-order valence-corrected chi connectivity index (χ1v) is 12.4. The third-order valence-corrected chi connectivity index (χ3v) is 6.11. The van der Waals surface area contributed by atoms with Crippen LogP contribution in [0.4, 0.5) is 0 Å².